The number of hydrogen-bond donors (Lipinski definition) is 2. The van der Waals surface area contributed by atoms with Crippen LogP contribution in [0.5, 0.6) is 5.75 Å². The molecule has 0 unspecified atom stereocenters. The molecule has 3 N–H and O–H groups in total. The third-order valence-corrected chi connectivity index (χ3v) is 2.33. The number of primary amides is 1. The molecule has 74 valence electrons. The van der Waals surface area contributed by atoms with Crippen LogP contribution in [0.4, 0.5) is 0 Å². The highest BCUT2D eigenvalue weighted by Gasteiger charge is 2.45. The number of carbonyl (C=O) groups excluding carboxylic acids is 1. The number of benzene rings is 1. The monoisotopic (exact) mass is 192 g/mol. The molecule has 1 aromatic rings. The maximum atomic E-state index is 11.2. The summed E-state index contributed by atoms with van der Waals surface area (Å²) in [6.45, 7) is 0.967. The third kappa shape index (κ3) is 1.44. The smallest absolute Gasteiger partial charge is 0.264 e. The second kappa shape index (κ2) is 3.31. The van der Waals surface area contributed by atoms with Gasteiger partial charge in [-0.1, -0.05) is 18.2 Å². The maximum absolute atomic E-state index is 11.2. The summed E-state index contributed by atoms with van der Waals surface area (Å²) in [5, 5.41) is 2.98. The van der Waals surface area contributed by atoms with E-state index in [1.165, 1.54) is 0 Å². The van der Waals surface area contributed by atoms with Crippen LogP contribution in [0.3, 0.4) is 0 Å². The molecule has 0 atom stereocenters. The molecule has 1 aromatic carbocycles. The molecule has 0 spiro atoms. The van der Waals surface area contributed by atoms with Gasteiger partial charge in [0.05, 0.1) is 0 Å². The van der Waals surface area contributed by atoms with Crippen LogP contribution >= 0.6 is 0 Å². The molecule has 14 heavy (non-hydrogen) atoms. The van der Waals surface area contributed by atoms with Crippen LogP contribution in [0.25, 0.3) is 0 Å². The van der Waals surface area contributed by atoms with E-state index in [1.807, 2.05) is 30.3 Å². The Balaban J connectivity index is 2.13. The SMILES string of the molecule is NC(=O)C1(Oc2ccccc2)CNC1. The van der Waals surface area contributed by atoms with Gasteiger partial charge in [0.25, 0.3) is 5.91 Å². The summed E-state index contributed by atoms with van der Waals surface area (Å²) in [5.41, 5.74) is 4.43. The van der Waals surface area contributed by atoms with Gasteiger partial charge in [-0.25, -0.2) is 0 Å². The summed E-state index contributed by atoms with van der Waals surface area (Å²) in [7, 11) is 0. The average molecular weight is 192 g/mol. The van der Waals surface area contributed by atoms with Crippen molar-refractivity contribution >= 4 is 5.91 Å². The molecule has 1 heterocycles. The minimum atomic E-state index is -0.846. The molecule has 4 heteroatoms. The van der Waals surface area contributed by atoms with E-state index in [0.717, 1.165) is 0 Å². The molecule has 1 fully saturated rings. The lowest BCUT2D eigenvalue weighted by Crippen LogP contribution is -2.69. The summed E-state index contributed by atoms with van der Waals surface area (Å²) in [5.74, 6) is 0.257. The summed E-state index contributed by atoms with van der Waals surface area (Å²) >= 11 is 0. The molecule has 0 radical (unpaired) electrons. The molecule has 0 saturated carbocycles. The number of carbonyl (C=O) groups is 1. The third-order valence-electron chi connectivity index (χ3n) is 2.33. The molecule has 0 aliphatic carbocycles. The van der Waals surface area contributed by atoms with Crippen molar-refractivity contribution in [3.63, 3.8) is 0 Å². The van der Waals surface area contributed by atoms with Crippen molar-refractivity contribution in [1.82, 2.24) is 5.32 Å². The standard InChI is InChI=1S/C10H12N2O2/c11-9(13)10(6-12-7-10)14-8-4-2-1-3-5-8/h1-5,12H,6-7H2,(H2,11,13). The van der Waals surface area contributed by atoms with Crippen molar-refractivity contribution in [2.75, 3.05) is 13.1 Å². The van der Waals surface area contributed by atoms with E-state index in [1.54, 1.807) is 0 Å². The molecule has 2 rings (SSSR count). The number of nitrogens with one attached hydrogen (secondary N) is 1. The van der Waals surface area contributed by atoms with E-state index in [4.69, 9.17) is 10.5 Å². The highest BCUT2D eigenvalue weighted by atomic mass is 16.5. The first kappa shape index (κ1) is 9.02. The van der Waals surface area contributed by atoms with Crippen molar-refractivity contribution in [1.29, 1.82) is 0 Å². The van der Waals surface area contributed by atoms with Gasteiger partial charge in [0.15, 0.2) is 0 Å². The van der Waals surface area contributed by atoms with Crippen molar-refractivity contribution in [3.8, 4) is 5.75 Å². The Hall–Kier alpha value is -1.55. The molecular formula is C10H12N2O2. The fraction of sp³-hybridized carbons (Fsp3) is 0.300. The molecule has 1 saturated heterocycles. The molecular weight excluding hydrogens is 180 g/mol. The molecule has 4 nitrogen and oxygen atoms in total. The Morgan fingerprint density at radius 1 is 1.36 bits per heavy atom. The van der Waals surface area contributed by atoms with Gasteiger partial charge >= 0.3 is 0 Å². The van der Waals surface area contributed by atoms with Crippen molar-refractivity contribution in [3.05, 3.63) is 30.3 Å². The molecule has 0 aromatic heterocycles. The highest BCUT2D eigenvalue weighted by molar-refractivity contribution is 5.85. The van der Waals surface area contributed by atoms with Crippen molar-refractivity contribution in [2.24, 2.45) is 5.73 Å². The van der Waals surface area contributed by atoms with Gasteiger partial charge in [-0.3, -0.25) is 4.79 Å². The zero-order chi connectivity index (χ0) is 10.0. The zero-order valence-electron chi connectivity index (χ0n) is 7.69. The fourth-order valence-electron chi connectivity index (χ4n) is 1.36. The number of rotatable bonds is 3. The summed E-state index contributed by atoms with van der Waals surface area (Å²) < 4.78 is 5.56. The van der Waals surface area contributed by atoms with Crippen LogP contribution in [0.15, 0.2) is 30.3 Å². The minimum absolute atomic E-state index is 0.417. The van der Waals surface area contributed by atoms with Crippen molar-refractivity contribution in [2.45, 2.75) is 5.60 Å². The number of amides is 1. The van der Waals surface area contributed by atoms with Gasteiger partial charge in [-0.05, 0) is 12.1 Å². The van der Waals surface area contributed by atoms with E-state index in [9.17, 15) is 4.79 Å². The van der Waals surface area contributed by atoms with Crippen LogP contribution in [0.2, 0.25) is 0 Å². The van der Waals surface area contributed by atoms with E-state index < -0.39 is 11.5 Å². The Morgan fingerprint density at radius 2 is 2.00 bits per heavy atom. The Labute approximate surface area is 82.1 Å². The second-order valence-electron chi connectivity index (χ2n) is 3.38. The number of nitrogens with two attached hydrogens (primary N) is 1. The Bertz CT molecular complexity index is 333. The zero-order valence-corrected chi connectivity index (χ0v) is 7.69. The van der Waals surface area contributed by atoms with Crippen LogP contribution in [-0.4, -0.2) is 24.6 Å². The Morgan fingerprint density at radius 3 is 2.43 bits per heavy atom. The topological polar surface area (TPSA) is 64.4 Å². The molecule has 1 amide bonds. The van der Waals surface area contributed by atoms with Gasteiger partial charge in [0, 0.05) is 13.1 Å². The van der Waals surface area contributed by atoms with E-state index >= 15 is 0 Å². The lowest BCUT2D eigenvalue weighted by Gasteiger charge is -2.39. The van der Waals surface area contributed by atoms with Gasteiger partial charge in [0.1, 0.15) is 5.75 Å². The van der Waals surface area contributed by atoms with Crippen LogP contribution in [-0.2, 0) is 4.79 Å². The molecule has 0 bridgehead atoms. The first-order valence-corrected chi connectivity index (χ1v) is 4.48. The average Bonchev–Trinajstić information content (AvgIpc) is 2.12. The lowest BCUT2D eigenvalue weighted by molar-refractivity contribution is -0.137. The normalized spacial score (nSPS) is 18.3. The van der Waals surface area contributed by atoms with Crippen LogP contribution in [0.1, 0.15) is 0 Å². The predicted molar refractivity (Wildman–Crippen MR) is 51.9 cm³/mol. The summed E-state index contributed by atoms with van der Waals surface area (Å²) in [4.78, 5) is 11.2. The van der Waals surface area contributed by atoms with Crippen molar-refractivity contribution < 1.29 is 9.53 Å². The summed E-state index contributed by atoms with van der Waals surface area (Å²) in [6, 6.07) is 9.22. The largest absolute Gasteiger partial charge is 0.475 e. The molecule has 1 aliphatic rings. The first-order chi connectivity index (χ1) is 6.73. The van der Waals surface area contributed by atoms with E-state index in [-0.39, 0.29) is 0 Å². The predicted octanol–water partition coefficient (Wildman–Crippen LogP) is -0.107. The highest BCUT2D eigenvalue weighted by Crippen LogP contribution is 2.21. The van der Waals surface area contributed by atoms with Crippen LogP contribution < -0.4 is 15.8 Å². The summed E-state index contributed by atoms with van der Waals surface area (Å²) in [6.07, 6.45) is 0. The van der Waals surface area contributed by atoms with E-state index in [0.29, 0.717) is 18.8 Å². The van der Waals surface area contributed by atoms with Gasteiger partial charge < -0.3 is 15.8 Å². The first-order valence-electron chi connectivity index (χ1n) is 4.48. The quantitative estimate of drug-likeness (QED) is 0.702. The second-order valence-corrected chi connectivity index (χ2v) is 3.38. The van der Waals surface area contributed by atoms with Gasteiger partial charge in [-0.2, -0.15) is 0 Å². The number of ether oxygens (including phenoxy) is 1. The van der Waals surface area contributed by atoms with E-state index in [2.05, 4.69) is 5.32 Å². The van der Waals surface area contributed by atoms with Crippen LogP contribution in [0, 0.1) is 0 Å². The fourth-order valence-corrected chi connectivity index (χ4v) is 1.36. The number of hydrogen-bond acceptors (Lipinski definition) is 3. The Kier molecular flexibility index (Phi) is 2.13. The van der Waals surface area contributed by atoms with Gasteiger partial charge in [-0.15, -0.1) is 0 Å². The molecule has 1 aliphatic heterocycles. The van der Waals surface area contributed by atoms with Gasteiger partial charge in [0.2, 0.25) is 5.60 Å². The lowest BCUT2D eigenvalue weighted by atomic mass is 9.96. The number of para-hydroxylation sites is 1. The maximum Gasteiger partial charge on any atom is 0.264 e. The minimum Gasteiger partial charge on any atom is -0.475 e.